The van der Waals surface area contributed by atoms with Gasteiger partial charge in [-0.15, -0.1) is 0 Å². The molecule has 1 N–H and O–H groups in total. The Labute approximate surface area is 245 Å². The van der Waals surface area contributed by atoms with Crippen molar-refractivity contribution in [2.45, 2.75) is 20.4 Å². The van der Waals surface area contributed by atoms with E-state index in [1.54, 1.807) is 37.3 Å². The summed E-state index contributed by atoms with van der Waals surface area (Å²) in [4.78, 5) is 30.3. The van der Waals surface area contributed by atoms with Gasteiger partial charge in [0.25, 0.3) is 5.91 Å². The molecule has 2 heterocycles. The molecule has 1 aromatic heterocycles. The van der Waals surface area contributed by atoms with Crippen molar-refractivity contribution in [1.29, 1.82) is 0 Å². The first-order valence-corrected chi connectivity index (χ1v) is 14.0. The number of hydrogen-bond acceptors (Lipinski definition) is 5. The number of nitrogens with zero attached hydrogens (tertiary/aromatic N) is 2. The largest absolute Gasteiger partial charge is 0.506 e. The third-order valence-electron chi connectivity index (χ3n) is 6.33. The predicted octanol–water partition coefficient (Wildman–Crippen LogP) is 8.01. The maximum Gasteiger partial charge on any atom is 0.344 e. The van der Waals surface area contributed by atoms with Gasteiger partial charge in [-0.1, -0.05) is 76.9 Å². The summed E-state index contributed by atoms with van der Waals surface area (Å²) < 4.78 is 7.23. The van der Waals surface area contributed by atoms with Crippen LogP contribution in [0.2, 0.25) is 10.0 Å². The zero-order chi connectivity index (χ0) is 28.4. The molecule has 4 aromatic rings. The van der Waals surface area contributed by atoms with Crippen LogP contribution in [0.4, 0.5) is 0 Å². The Balaban J connectivity index is 1.55. The Morgan fingerprint density at radius 1 is 1.07 bits per heavy atom. The van der Waals surface area contributed by atoms with Gasteiger partial charge in [0.2, 0.25) is 0 Å². The molecule has 9 heteroatoms. The van der Waals surface area contributed by atoms with E-state index in [-0.39, 0.29) is 23.0 Å². The van der Waals surface area contributed by atoms with E-state index in [1.807, 2.05) is 55.6 Å². The first kappa shape index (κ1) is 27.8. The normalized spacial score (nSPS) is 15.4. The lowest BCUT2D eigenvalue weighted by atomic mass is 10.1. The van der Waals surface area contributed by atoms with Crippen molar-refractivity contribution in [2.75, 3.05) is 6.61 Å². The summed E-state index contributed by atoms with van der Waals surface area (Å²) in [6, 6.07) is 20.2. The summed E-state index contributed by atoms with van der Waals surface area (Å²) in [6.45, 7) is 4.20. The number of esters is 1. The molecule has 0 saturated heterocycles. The molecule has 0 radical (unpaired) electrons. The highest BCUT2D eigenvalue weighted by molar-refractivity contribution is 8.18. The number of aryl methyl sites for hydroxylation is 1. The van der Waals surface area contributed by atoms with E-state index in [9.17, 15) is 14.7 Å². The second-order valence-electron chi connectivity index (χ2n) is 9.11. The number of aliphatic hydroxyl groups is 1. The molecule has 1 aliphatic heterocycles. The van der Waals surface area contributed by atoms with Crippen LogP contribution in [-0.2, 0) is 16.1 Å². The molecule has 0 unspecified atom stereocenters. The first-order chi connectivity index (χ1) is 19.2. The van der Waals surface area contributed by atoms with E-state index in [4.69, 9.17) is 27.9 Å². The molecule has 5 rings (SSSR count). The van der Waals surface area contributed by atoms with Crippen LogP contribution in [0.5, 0.6) is 0 Å². The van der Waals surface area contributed by atoms with E-state index in [2.05, 4.69) is 9.56 Å². The molecule has 1 amide bonds. The number of amides is 1. The van der Waals surface area contributed by atoms with Crippen LogP contribution in [0, 0.1) is 6.92 Å². The average molecular weight is 592 g/mol. The lowest BCUT2D eigenvalue weighted by Gasteiger charge is -2.08. The molecular weight excluding hydrogens is 567 g/mol. The second-order valence-corrected chi connectivity index (χ2v) is 11.0. The number of halogens is 2. The van der Waals surface area contributed by atoms with Crippen LogP contribution < -0.4 is 0 Å². The third kappa shape index (κ3) is 5.72. The Bertz CT molecular complexity index is 1740. The monoisotopic (exact) mass is 590 g/mol. The number of rotatable bonds is 6. The second kappa shape index (κ2) is 11.8. The van der Waals surface area contributed by atoms with Crippen molar-refractivity contribution >= 4 is 68.9 Å². The van der Waals surface area contributed by atoms with Crippen molar-refractivity contribution in [1.82, 2.24) is 4.57 Å². The summed E-state index contributed by atoms with van der Waals surface area (Å²) in [5.41, 5.74) is 3.92. The van der Waals surface area contributed by atoms with Gasteiger partial charge in [0, 0.05) is 44.8 Å². The highest BCUT2D eigenvalue weighted by atomic mass is 35.5. The van der Waals surface area contributed by atoms with E-state index in [0.717, 1.165) is 39.4 Å². The lowest BCUT2D eigenvalue weighted by Crippen LogP contribution is -2.14. The van der Waals surface area contributed by atoms with Crippen molar-refractivity contribution in [3.8, 4) is 0 Å². The molecule has 0 atom stereocenters. The number of fused-ring (bicyclic) bond motifs is 1. The maximum atomic E-state index is 12.9. The highest BCUT2D eigenvalue weighted by Crippen LogP contribution is 2.40. The number of carbonyl (C=O) groups excluding carboxylic acids is 2. The Morgan fingerprint density at radius 2 is 1.82 bits per heavy atom. The standard InChI is InChI=1S/C31H24Cl2N2O4S/c1-3-39-31(38)27-28(36)26(40-30(27)34-29(37)19-10-8-18(2)9-11-19)14-21-17-35(25-7-5-4-6-23(21)25)16-20-12-13-22(32)15-24(20)33/h4-15,17,36H,3,16H2,1-2H3/b26-14-,34-30?. The minimum Gasteiger partial charge on any atom is -0.506 e. The van der Waals surface area contributed by atoms with E-state index in [1.165, 1.54) is 0 Å². The quantitative estimate of drug-likeness (QED) is 0.230. The van der Waals surface area contributed by atoms with Crippen LogP contribution in [0.1, 0.15) is 34.0 Å². The van der Waals surface area contributed by atoms with Crippen molar-refractivity contribution < 1.29 is 19.4 Å². The van der Waals surface area contributed by atoms with E-state index in [0.29, 0.717) is 27.1 Å². The number of aliphatic hydroxyl groups excluding tert-OH is 1. The highest BCUT2D eigenvalue weighted by Gasteiger charge is 2.34. The SMILES string of the molecule is CCOC(=O)C1=C(O)/C(=C/c2cn(Cc3ccc(Cl)cc3Cl)c3ccccc23)SC1=NC(=O)c1ccc(C)cc1. The molecule has 0 spiro atoms. The van der Waals surface area contributed by atoms with Crippen LogP contribution >= 0.6 is 35.0 Å². The van der Waals surface area contributed by atoms with E-state index >= 15 is 0 Å². The number of hydrogen-bond donors (Lipinski definition) is 1. The number of aromatic nitrogens is 1. The van der Waals surface area contributed by atoms with Gasteiger partial charge in [0.05, 0.1) is 11.5 Å². The predicted molar refractivity (Wildman–Crippen MR) is 162 cm³/mol. The fourth-order valence-electron chi connectivity index (χ4n) is 4.34. The molecule has 0 saturated carbocycles. The fourth-order valence-corrected chi connectivity index (χ4v) is 5.81. The van der Waals surface area contributed by atoms with Gasteiger partial charge in [-0.05, 0) is 55.8 Å². The average Bonchev–Trinajstić information content (AvgIpc) is 3.43. The summed E-state index contributed by atoms with van der Waals surface area (Å²) in [6.07, 6.45) is 3.73. The number of aliphatic imine (C=N–C) groups is 1. The molecular formula is C31H24Cl2N2O4S. The molecule has 1 aliphatic rings. The van der Waals surface area contributed by atoms with Gasteiger partial charge >= 0.3 is 5.97 Å². The first-order valence-electron chi connectivity index (χ1n) is 12.5. The van der Waals surface area contributed by atoms with Crippen molar-refractivity contribution in [3.05, 3.63) is 121 Å². The third-order valence-corrected chi connectivity index (χ3v) is 7.94. The maximum absolute atomic E-state index is 12.9. The van der Waals surface area contributed by atoms with Gasteiger partial charge in [-0.2, -0.15) is 0 Å². The zero-order valence-electron chi connectivity index (χ0n) is 21.7. The van der Waals surface area contributed by atoms with Gasteiger partial charge in [-0.25, -0.2) is 9.79 Å². The molecule has 6 nitrogen and oxygen atoms in total. The summed E-state index contributed by atoms with van der Waals surface area (Å²) in [5, 5.41) is 13.3. The number of benzene rings is 3. The molecule has 3 aromatic carbocycles. The van der Waals surface area contributed by atoms with Crippen molar-refractivity contribution in [3.63, 3.8) is 0 Å². The minimum absolute atomic E-state index is 0.0875. The Hall–Kier alpha value is -3.78. The van der Waals surface area contributed by atoms with Crippen LogP contribution in [0.15, 0.2) is 94.2 Å². The topological polar surface area (TPSA) is 80.9 Å². The summed E-state index contributed by atoms with van der Waals surface area (Å²) >= 11 is 13.6. The molecule has 202 valence electrons. The number of para-hydroxylation sites is 1. The van der Waals surface area contributed by atoms with Gasteiger partial charge in [0.1, 0.15) is 16.4 Å². The van der Waals surface area contributed by atoms with Crippen molar-refractivity contribution in [2.24, 2.45) is 4.99 Å². The van der Waals surface area contributed by atoms with Gasteiger partial charge in [0.15, 0.2) is 0 Å². The fraction of sp³-hybridized carbons (Fsp3) is 0.129. The van der Waals surface area contributed by atoms with Gasteiger partial charge in [-0.3, -0.25) is 4.79 Å². The Morgan fingerprint density at radius 3 is 2.55 bits per heavy atom. The molecule has 0 fully saturated rings. The molecule has 0 bridgehead atoms. The smallest absolute Gasteiger partial charge is 0.344 e. The Kier molecular flexibility index (Phi) is 8.17. The molecule has 40 heavy (non-hydrogen) atoms. The molecule has 0 aliphatic carbocycles. The number of thioether (sulfide) groups is 1. The van der Waals surface area contributed by atoms with E-state index < -0.39 is 11.9 Å². The number of ether oxygens (including phenoxy) is 1. The summed E-state index contributed by atoms with van der Waals surface area (Å²) in [5.74, 6) is -1.54. The van der Waals surface area contributed by atoms with Crippen LogP contribution in [0.3, 0.4) is 0 Å². The van der Waals surface area contributed by atoms with Crippen LogP contribution in [0.25, 0.3) is 17.0 Å². The minimum atomic E-state index is -0.744. The lowest BCUT2D eigenvalue weighted by molar-refractivity contribution is -0.138. The van der Waals surface area contributed by atoms with Gasteiger partial charge < -0.3 is 14.4 Å². The summed E-state index contributed by atoms with van der Waals surface area (Å²) in [7, 11) is 0. The zero-order valence-corrected chi connectivity index (χ0v) is 24.0. The number of carbonyl (C=O) groups is 2. The van der Waals surface area contributed by atoms with Crippen LogP contribution in [-0.4, -0.2) is 33.2 Å².